The summed E-state index contributed by atoms with van der Waals surface area (Å²) in [6, 6.07) is 6.27. The lowest BCUT2D eigenvalue weighted by Crippen LogP contribution is -2.25. The molecule has 0 radical (unpaired) electrons. The van der Waals surface area contributed by atoms with Crippen molar-refractivity contribution in [1.29, 1.82) is 0 Å². The van der Waals surface area contributed by atoms with Crippen molar-refractivity contribution < 1.29 is 4.79 Å². The number of amides is 1. The fourth-order valence-corrected chi connectivity index (χ4v) is 2.39. The zero-order valence-electron chi connectivity index (χ0n) is 11.3. The highest BCUT2D eigenvalue weighted by atomic mass is 16.1. The van der Waals surface area contributed by atoms with Gasteiger partial charge in [0.25, 0.3) is 5.91 Å². The summed E-state index contributed by atoms with van der Waals surface area (Å²) < 4.78 is 0. The van der Waals surface area contributed by atoms with Crippen LogP contribution >= 0.6 is 0 Å². The minimum Gasteiger partial charge on any atom is -0.372 e. The van der Waals surface area contributed by atoms with Crippen molar-refractivity contribution in [2.75, 3.05) is 18.0 Å². The monoisotopic (exact) mass is 246 g/mol. The molecule has 1 aliphatic heterocycles. The molecule has 2 rings (SSSR count). The van der Waals surface area contributed by atoms with Gasteiger partial charge in [0.05, 0.1) is 0 Å². The fraction of sp³-hybridized carbons (Fsp3) is 0.533. The normalized spacial score (nSPS) is 13.3. The molecule has 0 unspecified atom stereocenters. The summed E-state index contributed by atoms with van der Waals surface area (Å²) in [6.07, 6.45) is 3.53. The van der Waals surface area contributed by atoms with Gasteiger partial charge in [-0.2, -0.15) is 0 Å². The number of fused-ring (bicyclic) bond motifs is 1. The second-order valence-corrected chi connectivity index (χ2v) is 4.86. The number of carbonyl (C=O) groups is 1. The number of benzene rings is 1. The highest BCUT2D eigenvalue weighted by Crippen LogP contribution is 2.23. The standard InChI is InChI=1S/C15H22N2O/c1-3-5-9-17(8-4-2)13-7-6-12-11-16-15(18)14(12)10-13/h6-7,10H,3-5,8-9,11H2,1-2H3,(H,16,18). The molecule has 18 heavy (non-hydrogen) atoms. The van der Waals surface area contributed by atoms with Gasteiger partial charge in [-0.25, -0.2) is 0 Å². The molecule has 0 aromatic heterocycles. The Hall–Kier alpha value is -1.51. The number of carbonyl (C=O) groups excluding carboxylic acids is 1. The van der Waals surface area contributed by atoms with Gasteiger partial charge in [0.1, 0.15) is 0 Å². The Morgan fingerprint density at radius 2 is 2.06 bits per heavy atom. The molecule has 0 aliphatic carbocycles. The van der Waals surface area contributed by atoms with Crippen molar-refractivity contribution in [2.45, 2.75) is 39.7 Å². The lowest BCUT2D eigenvalue weighted by molar-refractivity contribution is 0.0966. The van der Waals surface area contributed by atoms with E-state index in [0.717, 1.165) is 30.6 Å². The molecule has 1 amide bonds. The number of rotatable bonds is 6. The van der Waals surface area contributed by atoms with Crippen LogP contribution in [0.5, 0.6) is 0 Å². The molecule has 0 atom stereocenters. The third kappa shape index (κ3) is 2.66. The summed E-state index contributed by atoms with van der Waals surface area (Å²) in [5.74, 6) is 0.0683. The van der Waals surface area contributed by atoms with Crippen LogP contribution in [0.25, 0.3) is 0 Å². The predicted octanol–water partition coefficient (Wildman–Crippen LogP) is 2.95. The van der Waals surface area contributed by atoms with Crippen LogP contribution in [0.15, 0.2) is 18.2 Å². The molecular weight excluding hydrogens is 224 g/mol. The maximum Gasteiger partial charge on any atom is 0.251 e. The lowest BCUT2D eigenvalue weighted by atomic mass is 10.1. The molecule has 0 saturated carbocycles. The first-order valence-electron chi connectivity index (χ1n) is 6.92. The van der Waals surface area contributed by atoms with E-state index in [1.54, 1.807) is 0 Å². The molecule has 0 bridgehead atoms. The highest BCUT2D eigenvalue weighted by Gasteiger charge is 2.19. The first-order valence-corrected chi connectivity index (χ1v) is 6.92. The van der Waals surface area contributed by atoms with E-state index in [1.165, 1.54) is 18.5 Å². The summed E-state index contributed by atoms with van der Waals surface area (Å²) in [4.78, 5) is 14.1. The lowest BCUT2D eigenvalue weighted by Gasteiger charge is -2.24. The molecule has 0 spiro atoms. The van der Waals surface area contributed by atoms with Crippen LogP contribution < -0.4 is 10.2 Å². The van der Waals surface area contributed by atoms with Crippen LogP contribution in [0.4, 0.5) is 5.69 Å². The van der Waals surface area contributed by atoms with E-state index < -0.39 is 0 Å². The Balaban J connectivity index is 2.19. The van der Waals surface area contributed by atoms with E-state index in [2.05, 4.69) is 36.2 Å². The summed E-state index contributed by atoms with van der Waals surface area (Å²) in [5.41, 5.74) is 3.15. The van der Waals surface area contributed by atoms with Gasteiger partial charge in [-0.3, -0.25) is 4.79 Å². The van der Waals surface area contributed by atoms with E-state index in [9.17, 15) is 4.79 Å². The van der Waals surface area contributed by atoms with E-state index in [4.69, 9.17) is 0 Å². The third-order valence-corrected chi connectivity index (χ3v) is 3.42. The van der Waals surface area contributed by atoms with Crippen LogP contribution in [0.3, 0.4) is 0 Å². The summed E-state index contributed by atoms with van der Waals surface area (Å²) in [7, 11) is 0. The molecule has 1 heterocycles. The second-order valence-electron chi connectivity index (χ2n) is 4.86. The Morgan fingerprint density at radius 1 is 1.22 bits per heavy atom. The van der Waals surface area contributed by atoms with Crippen LogP contribution in [0.2, 0.25) is 0 Å². The molecule has 0 fully saturated rings. The van der Waals surface area contributed by atoms with Gasteiger partial charge in [-0.1, -0.05) is 26.3 Å². The van der Waals surface area contributed by atoms with Crippen molar-refractivity contribution in [1.82, 2.24) is 5.32 Å². The van der Waals surface area contributed by atoms with Crippen molar-refractivity contribution >= 4 is 11.6 Å². The quantitative estimate of drug-likeness (QED) is 0.837. The number of hydrogen-bond acceptors (Lipinski definition) is 2. The SMILES string of the molecule is CCCCN(CCC)c1ccc2c(c1)C(=O)NC2. The summed E-state index contributed by atoms with van der Waals surface area (Å²) >= 11 is 0. The number of anilines is 1. The molecule has 1 N–H and O–H groups in total. The van der Waals surface area contributed by atoms with Gasteiger partial charge in [0, 0.05) is 30.9 Å². The first-order chi connectivity index (χ1) is 8.76. The molecule has 1 aromatic carbocycles. The highest BCUT2D eigenvalue weighted by molar-refractivity contribution is 5.99. The number of nitrogens with zero attached hydrogens (tertiary/aromatic N) is 1. The first kappa shape index (κ1) is 12.9. The van der Waals surface area contributed by atoms with Gasteiger partial charge >= 0.3 is 0 Å². The van der Waals surface area contributed by atoms with Gasteiger partial charge in [-0.15, -0.1) is 0 Å². The van der Waals surface area contributed by atoms with E-state index in [0.29, 0.717) is 6.54 Å². The topological polar surface area (TPSA) is 32.3 Å². The molecular formula is C15H22N2O. The molecule has 98 valence electrons. The summed E-state index contributed by atoms with van der Waals surface area (Å²) in [6.45, 7) is 7.21. The summed E-state index contributed by atoms with van der Waals surface area (Å²) in [5, 5.41) is 2.87. The molecule has 3 nitrogen and oxygen atoms in total. The Bertz CT molecular complexity index is 429. The molecule has 1 aromatic rings. The fourth-order valence-electron chi connectivity index (χ4n) is 2.39. The van der Waals surface area contributed by atoms with Gasteiger partial charge in [0.15, 0.2) is 0 Å². The smallest absolute Gasteiger partial charge is 0.251 e. The average Bonchev–Trinajstić information content (AvgIpc) is 2.76. The maximum absolute atomic E-state index is 11.7. The third-order valence-electron chi connectivity index (χ3n) is 3.42. The zero-order valence-corrected chi connectivity index (χ0v) is 11.3. The van der Waals surface area contributed by atoms with E-state index >= 15 is 0 Å². The van der Waals surface area contributed by atoms with Crippen molar-refractivity contribution in [3.63, 3.8) is 0 Å². The van der Waals surface area contributed by atoms with Crippen LogP contribution in [-0.2, 0) is 6.54 Å². The van der Waals surface area contributed by atoms with Crippen molar-refractivity contribution in [3.8, 4) is 0 Å². The zero-order chi connectivity index (χ0) is 13.0. The van der Waals surface area contributed by atoms with Crippen LogP contribution in [0.1, 0.15) is 49.0 Å². The van der Waals surface area contributed by atoms with Crippen LogP contribution in [-0.4, -0.2) is 19.0 Å². The Kier molecular flexibility index (Phi) is 4.24. The minimum absolute atomic E-state index is 0.0683. The van der Waals surface area contributed by atoms with E-state index in [-0.39, 0.29) is 5.91 Å². The molecule has 3 heteroatoms. The van der Waals surface area contributed by atoms with Crippen molar-refractivity contribution in [2.24, 2.45) is 0 Å². The largest absolute Gasteiger partial charge is 0.372 e. The van der Waals surface area contributed by atoms with Gasteiger partial charge < -0.3 is 10.2 Å². The van der Waals surface area contributed by atoms with Gasteiger partial charge in [0.2, 0.25) is 0 Å². The van der Waals surface area contributed by atoms with Crippen molar-refractivity contribution in [3.05, 3.63) is 29.3 Å². The Labute approximate surface area is 109 Å². The van der Waals surface area contributed by atoms with Gasteiger partial charge in [-0.05, 0) is 30.5 Å². The second kappa shape index (κ2) is 5.89. The number of nitrogens with one attached hydrogen (secondary N) is 1. The minimum atomic E-state index is 0.0683. The van der Waals surface area contributed by atoms with Crippen LogP contribution in [0, 0.1) is 0 Å². The molecule has 1 aliphatic rings. The van der Waals surface area contributed by atoms with E-state index in [1.807, 2.05) is 6.07 Å². The number of hydrogen-bond donors (Lipinski definition) is 1. The maximum atomic E-state index is 11.7. The molecule has 0 saturated heterocycles. The Morgan fingerprint density at radius 3 is 2.78 bits per heavy atom. The average molecular weight is 246 g/mol. The predicted molar refractivity (Wildman–Crippen MR) is 75.0 cm³/mol. The number of unbranched alkanes of at least 4 members (excludes halogenated alkanes) is 1.